The van der Waals surface area contributed by atoms with Gasteiger partial charge in [0, 0.05) is 13.1 Å². The van der Waals surface area contributed by atoms with Crippen LogP contribution in [0.4, 0.5) is 8.78 Å². The van der Waals surface area contributed by atoms with Crippen molar-refractivity contribution in [3.05, 3.63) is 0 Å². The van der Waals surface area contributed by atoms with E-state index in [1.54, 1.807) is 0 Å². The second-order valence-electron chi connectivity index (χ2n) is 8.58. The summed E-state index contributed by atoms with van der Waals surface area (Å²) in [5.74, 6) is 2.78. The smallest absolute Gasteiger partial charge is 0.132 e. The molecule has 0 aromatic rings. The molecule has 2 saturated carbocycles. The van der Waals surface area contributed by atoms with Gasteiger partial charge in [0.25, 0.3) is 0 Å². The third-order valence-corrected chi connectivity index (χ3v) is 6.93. The van der Waals surface area contributed by atoms with Crippen LogP contribution in [0.15, 0.2) is 0 Å². The first kappa shape index (κ1) is 18.6. The van der Waals surface area contributed by atoms with Crippen molar-refractivity contribution in [2.45, 2.75) is 89.6 Å². The van der Waals surface area contributed by atoms with Crippen LogP contribution in [0.3, 0.4) is 0 Å². The molecule has 0 aromatic carbocycles. The SMILES string of the molecule is CCCCC1CCC(C2CNC(C3CCC(F)C(F)C3)NC2)CC1. The molecule has 4 heteroatoms. The molecule has 1 heterocycles. The van der Waals surface area contributed by atoms with Crippen LogP contribution in [0, 0.1) is 23.7 Å². The monoisotopic (exact) mass is 342 g/mol. The second-order valence-corrected chi connectivity index (χ2v) is 8.58. The third kappa shape index (κ3) is 4.69. The van der Waals surface area contributed by atoms with Gasteiger partial charge in [0.2, 0.25) is 0 Å². The van der Waals surface area contributed by atoms with Crippen LogP contribution < -0.4 is 10.6 Å². The molecule has 3 unspecified atom stereocenters. The second kappa shape index (κ2) is 8.93. The molecule has 3 rings (SSSR count). The number of hydrogen-bond acceptors (Lipinski definition) is 2. The van der Waals surface area contributed by atoms with Gasteiger partial charge in [0.1, 0.15) is 12.3 Å². The molecule has 2 nitrogen and oxygen atoms in total. The summed E-state index contributed by atoms with van der Waals surface area (Å²) in [6.45, 7) is 4.38. The average Bonchev–Trinajstić information content (AvgIpc) is 2.63. The zero-order chi connectivity index (χ0) is 16.9. The topological polar surface area (TPSA) is 24.1 Å². The van der Waals surface area contributed by atoms with E-state index in [2.05, 4.69) is 17.6 Å². The van der Waals surface area contributed by atoms with Crippen LogP contribution in [0.5, 0.6) is 0 Å². The van der Waals surface area contributed by atoms with Crippen molar-refractivity contribution in [2.75, 3.05) is 13.1 Å². The van der Waals surface area contributed by atoms with Gasteiger partial charge >= 0.3 is 0 Å². The summed E-state index contributed by atoms with van der Waals surface area (Å²) in [5.41, 5.74) is 0. The summed E-state index contributed by atoms with van der Waals surface area (Å²) in [4.78, 5) is 0. The van der Waals surface area contributed by atoms with E-state index in [4.69, 9.17) is 0 Å². The van der Waals surface area contributed by atoms with Crippen LogP contribution in [-0.4, -0.2) is 31.6 Å². The maximum atomic E-state index is 13.6. The molecule has 24 heavy (non-hydrogen) atoms. The summed E-state index contributed by atoms with van der Waals surface area (Å²) < 4.78 is 27.0. The highest BCUT2D eigenvalue weighted by Gasteiger charge is 2.37. The van der Waals surface area contributed by atoms with Gasteiger partial charge in [0.05, 0.1) is 6.17 Å². The molecule has 0 spiro atoms. The molecular formula is C20H36F2N2. The van der Waals surface area contributed by atoms with E-state index >= 15 is 0 Å². The lowest BCUT2D eigenvalue weighted by atomic mass is 9.73. The maximum absolute atomic E-state index is 13.6. The predicted octanol–water partition coefficient (Wildman–Crippen LogP) is 4.59. The average molecular weight is 343 g/mol. The highest BCUT2D eigenvalue weighted by Crippen LogP contribution is 2.37. The Hall–Kier alpha value is -0.220. The Bertz CT molecular complexity index is 363. The summed E-state index contributed by atoms with van der Waals surface area (Å²) in [6, 6.07) is 0. The van der Waals surface area contributed by atoms with Crippen molar-refractivity contribution < 1.29 is 8.78 Å². The molecule has 2 aliphatic carbocycles. The largest absolute Gasteiger partial charge is 0.301 e. The Labute approximate surface area is 146 Å². The first-order chi connectivity index (χ1) is 11.7. The molecule has 3 aliphatic rings. The molecule has 0 amide bonds. The van der Waals surface area contributed by atoms with Crippen molar-refractivity contribution in [3.63, 3.8) is 0 Å². The van der Waals surface area contributed by atoms with Gasteiger partial charge in [-0.1, -0.05) is 39.0 Å². The molecule has 3 atom stereocenters. The summed E-state index contributed by atoms with van der Waals surface area (Å²) in [7, 11) is 0. The van der Waals surface area contributed by atoms with Crippen LogP contribution >= 0.6 is 0 Å². The fourth-order valence-electron chi connectivity index (χ4n) is 5.22. The van der Waals surface area contributed by atoms with Gasteiger partial charge in [-0.3, -0.25) is 0 Å². The van der Waals surface area contributed by atoms with E-state index in [-0.39, 0.29) is 12.1 Å². The lowest BCUT2D eigenvalue weighted by Gasteiger charge is -2.42. The summed E-state index contributed by atoms with van der Waals surface area (Å²) >= 11 is 0. The number of nitrogens with one attached hydrogen (secondary N) is 2. The lowest BCUT2D eigenvalue weighted by Crippen LogP contribution is -2.58. The molecule has 3 fully saturated rings. The number of alkyl halides is 2. The molecule has 0 radical (unpaired) electrons. The zero-order valence-electron chi connectivity index (χ0n) is 15.3. The van der Waals surface area contributed by atoms with E-state index in [1.165, 1.54) is 44.9 Å². The van der Waals surface area contributed by atoms with Gasteiger partial charge < -0.3 is 10.6 Å². The number of halogens is 2. The van der Waals surface area contributed by atoms with Gasteiger partial charge in [0.15, 0.2) is 0 Å². The van der Waals surface area contributed by atoms with Gasteiger partial charge in [-0.2, -0.15) is 0 Å². The Morgan fingerprint density at radius 3 is 2.08 bits per heavy atom. The van der Waals surface area contributed by atoms with Crippen LogP contribution in [0.25, 0.3) is 0 Å². The normalized spacial score (nSPS) is 44.4. The maximum Gasteiger partial charge on any atom is 0.132 e. The molecule has 1 aliphatic heterocycles. The molecule has 0 bridgehead atoms. The van der Waals surface area contributed by atoms with Crippen LogP contribution in [0.2, 0.25) is 0 Å². The van der Waals surface area contributed by atoms with Crippen molar-refractivity contribution in [1.29, 1.82) is 0 Å². The van der Waals surface area contributed by atoms with E-state index in [0.29, 0.717) is 18.8 Å². The third-order valence-electron chi connectivity index (χ3n) is 6.93. The number of hydrogen-bond donors (Lipinski definition) is 2. The first-order valence-electron chi connectivity index (χ1n) is 10.4. The standard InChI is InChI=1S/C20H36F2N2/c1-2-3-4-14-5-7-15(8-6-14)17-12-23-20(24-13-17)16-9-10-18(21)19(22)11-16/h14-20,23-24H,2-13H2,1H3. The predicted molar refractivity (Wildman–Crippen MR) is 95.4 cm³/mol. The van der Waals surface area contributed by atoms with Gasteiger partial charge in [-0.05, 0) is 55.8 Å². The Kier molecular flexibility index (Phi) is 6.91. The minimum atomic E-state index is -1.26. The zero-order valence-corrected chi connectivity index (χ0v) is 15.3. The van der Waals surface area contributed by atoms with Crippen molar-refractivity contribution in [2.24, 2.45) is 23.7 Å². The minimum absolute atomic E-state index is 0.188. The quantitative estimate of drug-likeness (QED) is 0.763. The number of unbranched alkanes of at least 4 members (excludes halogenated alkanes) is 1. The van der Waals surface area contributed by atoms with Crippen molar-refractivity contribution in [3.8, 4) is 0 Å². The number of rotatable bonds is 5. The highest BCUT2D eigenvalue weighted by molar-refractivity contribution is 4.91. The molecule has 2 N–H and O–H groups in total. The fraction of sp³-hybridized carbons (Fsp3) is 1.00. The minimum Gasteiger partial charge on any atom is -0.301 e. The lowest BCUT2D eigenvalue weighted by molar-refractivity contribution is 0.0574. The summed E-state index contributed by atoms with van der Waals surface area (Å²) in [5, 5.41) is 7.23. The first-order valence-corrected chi connectivity index (χ1v) is 10.4. The molecule has 0 aromatic heterocycles. The molecule has 140 valence electrons. The van der Waals surface area contributed by atoms with E-state index < -0.39 is 12.3 Å². The Balaban J connectivity index is 1.38. The molecular weight excluding hydrogens is 306 g/mol. The van der Waals surface area contributed by atoms with Crippen LogP contribution in [0.1, 0.15) is 71.1 Å². The fourth-order valence-corrected chi connectivity index (χ4v) is 5.22. The van der Waals surface area contributed by atoms with E-state index in [1.807, 2.05) is 0 Å². The van der Waals surface area contributed by atoms with Gasteiger partial charge in [-0.15, -0.1) is 0 Å². The van der Waals surface area contributed by atoms with Gasteiger partial charge in [-0.25, -0.2) is 8.78 Å². The van der Waals surface area contributed by atoms with Crippen molar-refractivity contribution >= 4 is 0 Å². The van der Waals surface area contributed by atoms with Crippen LogP contribution in [-0.2, 0) is 0 Å². The summed E-state index contributed by atoms with van der Waals surface area (Å²) in [6.07, 6.45) is 8.98. The van der Waals surface area contributed by atoms with E-state index in [0.717, 1.165) is 31.3 Å². The van der Waals surface area contributed by atoms with Crippen molar-refractivity contribution in [1.82, 2.24) is 10.6 Å². The highest BCUT2D eigenvalue weighted by atomic mass is 19.2. The Morgan fingerprint density at radius 1 is 0.792 bits per heavy atom. The van der Waals surface area contributed by atoms with E-state index in [9.17, 15) is 8.78 Å². The molecule has 1 saturated heterocycles. The Morgan fingerprint density at radius 2 is 1.46 bits per heavy atom.